The highest BCUT2D eigenvalue weighted by atomic mass is 32.2. The molecule has 4 bridgehead atoms. The van der Waals surface area contributed by atoms with E-state index in [2.05, 4.69) is 27.0 Å². The van der Waals surface area contributed by atoms with Gasteiger partial charge < -0.3 is 9.88 Å². The second kappa shape index (κ2) is 6.25. The van der Waals surface area contributed by atoms with Crippen molar-refractivity contribution < 1.29 is 4.79 Å². The summed E-state index contributed by atoms with van der Waals surface area (Å²) in [6.07, 6.45) is 10.3. The summed E-state index contributed by atoms with van der Waals surface area (Å²) in [4.78, 5) is 13.0. The van der Waals surface area contributed by atoms with E-state index in [9.17, 15) is 4.79 Å². The lowest BCUT2D eigenvalue weighted by Gasteiger charge is -2.57. The summed E-state index contributed by atoms with van der Waals surface area (Å²) in [6, 6.07) is 0. The zero-order valence-electron chi connectivity index (χ0n) is 15.9. The second-order valence-electron chi connectivity index (χ2n) is 9.31. The highest BCUT2D eigenvalue weighted by Gasteiger charge is 2.51. The lowest BCUT2D eigenvalue weighted by atomic mass is 9.53. The number of rotatable bonds is 6. The highest BCUT2D eigenvalue weighted by molar-refractivity contribution is 8.00. The molecule has 1 amide bonds. The Labute approximate surface area is 160 Å². The number of carbonyl (C=O) groups is 1. The first kappa shape index (κ1) is 17.1. The Bertz CT molecular complexity index is 675. The van der Waals surface area contributed by atoms with E-state index in [1.807, 2.05) is 6.92 Å². The Balaban J connectivity index is 1.26. The lowest BCUT2D eigenvalue weighted by molar-refractivity contribution is -0.126. The highest BCUT2D eigenvalue weighted by Crippen LogP contribution is 2.55. The molecule has 5 saturated carbocycles. The summed E-state index contributed by atoms with van der Waals surface area (Å²) in [7, 11) is 0. The molecule has 0 aromatic carbocycles. The van der Waals surface area contributed by atoms with Crippen molar-refractivity contribution in [1.29, 1.82) is 0 Å². The third-order valence-corrected chi connectivity index (χ3v) is 8.16. The molecule has 142 valence electrons. The van der Waals surface area contributed by atoms with Crippen LogP contribution in [0.3, 0.4) is 0 Å². The Morgan fingerprint density at radius 1 is 1.19 bits per heavy atom. The van der Waals surface area contributed by atoms with Crippen LogP contribution in [0, 0.1) is 17.8 Å². The number of thioether (sulfide) groups is 1. The van der Waals surface area contributed by atoms with Gasteiger partial charge >= 0.3 is 0 Å². The van der Waals surface area contributed by atoms with E-state index in [4.69, 9.17) is 0 Å². The molecule has 0 spiro atoms. The van der Waals surface area contributed by atoms with Crippen molar-refractivity contribution in [1.82, 2.24) is 20.1 Å². The third kappa shape index (κ3) is 2.98. The monoisotopic (exact) mass is 374 g/mol. The van der Waals surface area contributed by atoms with Gasteiger partial charge in [0.15, 0.2) is 5.16 Å². The average molecular weight is 375 g/mol. The first-order valence-corrected chi connectivity index (χ1v) is 11.3. The van der Waals surface area contributed by atoms with Crippen LogP contribution in [0.1, 0.15) is 77.0 Å². The van der Waals surface area contributed by atoms with Gasteiger partial charge in [-0.05, 0) is 83.0 Å². The Hall–Kier alpha value is -1.04. The summed E-state index contributed by atoms with van der Waals surface area (Å²) >= 11 is 1.57. The second-order valence-corrected chi connectivity index (χ2v) is 10.6. The molecule has 26 heavy (non-hydrogen) atoms. The first-order chi connectivity index (χ1) is 12.5. The van der Waals surface area contributed by atoms with E-state index in [0.29, 0.717) is 5.92 Å². The van der Waals surface area contributed by atoms with Crippen molar-refractivity contribution in [2.24, 2.45) is 17.8 Å². The molecule has 0 aliphatic heterocycles. The predicted octanol–water partition coefficient (Wildman–Crippen LogP) is 3.74. The molecule has 0 unspecified atom stereocenters. The van der Waals surface area contributed by atoms with Crippen molar-refractivity contribution in [2.45, 2.75) is 93.6 Å². The fraction of sp³-hybridized carbons (Fsp3) is 0.850. The largest absolute Gasteiger partial charge is 0.350 e. The molecule has 1 atom stereocenters. The minimum Gasteiger partial charge on any atom is -0.350 e. The van der Waals surface area contributed by atoms with Gasteiger partial charge in [-0.25, -0.2) is 0 Å². The topological polar surface area (TPSA) is 59.8 Å². The maximum Gasteiger partial charge on any atom is 0.233 e. The molecule has 5 aliphatic rings. The first-order valence-electron chi connectivity index (χ1n) is 10.5. The van der Waals surface area contributed by atoms with Gasteiger partial charge in [-0.3, -0.25) is 4.79 Å². The zero-order valence-corrected chi connectivity index (χ0v) is 16.7. The average Bonchev–Trinajstić information content (AvgIpc) is 3.34. The van der Waals surface area contributed by atoms with Gasteiger partial charge in [0.1, 0.15) is 5.82 Å². The van der Waals surface area contributed by atoms with Crippen LogP contribution in [0.25, 0.3) is 0 Å². The summed E-state index contributed by atoms with van der Waals surface area (Å²) in [5.74, 6) is 4.46. The maximum atomic E-state index is 13.0. The Morgan fingerprint density at radius 3 is 2.35 bits per heavy atom. The van der Waals surface area contributed by atoms with Gasteiger partial charge in [0.25, 0.3) is 0 Å². The van der Waals surface area contributed by atoms with Gasteiger partial charge in [-0.15, -0.1) is 10.2 Å². The van der Waals surface area contributed by atoms with Gasteiger partial charge in [-0.2, -0.15) is 0 Å². The minimum atomic E-state index is -0.121. The summed E-state index contributed by atoms with van der Waals surface area (Å²) in [5.41, 5.74) is 0.0955. The molecule has 0 saturated heterocycles. The predicted molar refractivity (Wildman–Crippen MR) is 102 cm³/mol. The fourth-order valence-corrected chi connectivity index (χ4v) is 7.09. The zero-order chi connectivity index (χ0) is 17.9. The molecule has 1 heterocycles. The molecule has 1 N–H and O–H groups in total. The SMILES string of the molecule is CCn1c(S[C@H](C)C(=O)NC23CC4CC(CC(C4)C2)C3)nnc1C1CC1. The van der Waals surface area contributed by atoms with E-state index >= 15 is 0 Å². The van der Waals surface area contributed by atoms with Crippen LogP contribution in [-0.4, -0.2) is 31.5 Å². The normalized spacial score (nSPS) is 36.3. The molecular weight excluding hydrogens is 344 g/mol. The fourth-order valence-electron chi connectivity index (χ4n) is 6.17. The van der Waals surface area contributed by atoms with E-state index in [1.54, 1.807) is 11.8 Å². The molecule has 5 aliphatic carbocycles. The van der Waals surface area contributed by atoms with Gasteiger partial charge in [0.05, 0.1) is 5.25 Å². The van der Waals surface area contributed by atoms with E-state index in [1.165, 1.54) is 51.4 Å². The van der Waals surface area contributed by atoms with Crippen LogP contribution in [0.5, 0.6) is 0 Å². The summed E-state index contributed by atoms with van der Waals surface area (Å²) < 4.78 is 2.21. The maximum absolute atomic E-state index is 13.0. The van der Waals surface area contributed by atoms with Crippen molar-refractivity contribution in [3.63, 3.8) is 0 Å². The van der Waals surface area contributed by atoms with Crippen molar-refractivity contribution in [2.75, 3.05) is 0 Å². The van der Waals surface area contributed by atoms with Crippen LogP contribution < -0.4 is 5.32 Å². The van der Waals surface area contributed by atoms with Crippen LogP contribution in [0.2, 0.25) is 0 Å². The number of nitrogens with zero attached hydrogens (tertiary/aromatic N) is 3. The van der Waals surface area contributed by atoms with Crippen LogP contribution >= 0.6 is 11.8 Å². The Kier molecular flexibility index (Phi) is 4.11. The molecule has 0 radical (unpaired) electrons. The van der Waals surface area contributed by atoms with Gasteiger partial charge in [0.2, 0.25) is 5.91 Å². The standard InChI is InChI=1S/C20H30N4OS/c1-3-24-17(16-4-5-16)22-23-19(24)26-12(2)18(25)21-20-9-13-6-14(10-20)8-15(7-13)11-20/h12-16H,3-11H2,1-2H3,(H,21,25)/t12-,13?,14?,15?,20?/m1/s1. The van der Waals surface area contributed by atoms with Gasteiger partial charge in [-0.1, -0.05) is 11.8 Å². The van der Waals surface area contributed by atoms with Crippen LogP contribution in [-0.2, 0) is 11.3 Å². The number of aromatic nitrogens is 3. The molecular formula is C20H30N4OS. The van der Waals surface area contributed by atoms with Crippen molar-refractivity contribution in [3.8, 4) is 0 Å². The Morgan fingerprint density at radius 2 is 1.81 bits per heavy atom. The molecule has 6 rings (SSSR count). The van der Waals surface area contributed by atoms with Crippen molar-refractivity contribution in [3.05, 3.63) is 5.82 Å². The quantitative estimate of drug-likeness (QED) is 0.771. The number of nitrogens with one attached hydrogen (secondary N) is 1. The smallest absolute Gasteiger partial charge is 0.233 e. The van der Waals surface area contributed by atoms with E-state index in [-0.39, 0.29) is 16.7 Å². The molecule has 6 heteroatoms. The lowest BCUT2D eigenvalue weighted by Crippen LogP contribution is -2.60. The summed E-state index contributed by atoms with van der Waals surface area (Å²) in [5, 5.41) is 13.1. The number of amides is 1. The molecule has 1 aromatic heterocycles. The number of hydrogen-bond acceptors (Lipinski definition) is 4. The number of carbonyl (C=O) groups excluding carboxylic acids is 1. The molecule has 5 fully saturated rings. The van der Waals surface area contributed by atoms with Crippen LogP contribution in [0.4, 0.5) is 0 Å². The molecule has 5 nitrogen and oxygen atoms in total. The molecule has 1 aromatic rings. The van der Waals surface area contributed by atoms with Gasteiger partial charge in [0, 0.05) is 18.0 Å². The van der Waals surface area contributed by atoms with Crippen LogP contribution in [0.15, 0.2) is 5.16 Å². The number of hydrogen-bond donors (Lipinski definition) is 1. The van der Waals surface area contributed by atoms with Crippen molar-refractivity contribution >= 4 is 17.7 Å². The van der Waals surface area contributed by atoms with E-state index < -0.39 is 0 Å². The van der Waals surface area contributed by atoms with E-state index in [0.717, 1.165) is 35.3 Å². The third-order valence-electron chi connectivity index (χ3n) is 7.08. The summed E-state index contributed by atoms with van der Waals surface area (Å²) in [6.45, 7) is 5.04. The minimum absolute atomic E-state index is 0.0955.